The molecule has 1 radical (unpaired) electrons. The van der Waals surface area contributed by atoms with Crippen molar-refractivity contribution in [2.45, 2.75) is 0 Å². The van der Waals surface area contributed by atoms with Crippen LogP contribution in [0.1, 0.15) is 0 Å². The second-order valence-corrected chi connectivity index (χ2v) is 0.346. The molecule has 0 aromatic heterocycles. The largest absolute Gasteiger partial charge is 0 e. The summed E-state index contributed by atoms with van der Waals surface area (Å²) in [5, 5.41) is 21.5. The van der Waals surface area contributed by atoms with Crippen LogP contribution in [0.2, 0.25) is 0 Å². The first-order chi connectivity index (χ1) is 1.73. The summed E-state index contributed by atoms with van der Waals surface area (Å²) in [5.41, 5.74) is 0. The van der Waals surface area contributed by atoms with Gasteiger partial charge in [-0.15, -0.1) is 0 Å². The minimum absolute atomic E-state index is 0. The molecule has 0 unspecified atom stereocenters. The molecular formula is H5BBaO3Tb. The molecule has 0 aromatic rings. The van der Waals surface area contributed by atoms with Gasteiger partial charge in [0.15, 0.2) is 0 Å². The smallest absolute Gasteiger partial charge is 0 e. The van der Waals surface area contributed by atoms with E-state index < -0.39 is 7.32 Å². The first-order valence-corrected chi connectivity index (χ1v) is 0.775. The van der Waals surface area contributed by atoms with Gasteiger partial charge in [-0.2, -0.15) is 0 Å². The average molecular weight is 360 g/mol. The fourth-order valence-electron chi connectivity index (χ4n) is 0. The molecule has 3 nitrogen and oxygen atoms in total. The van der Waals surface area contributed by atoms with Crippen molar-refractivity contribution in [3.05, 3.63) is 0 Å². The summed E-state index contributed by atoms with van der Waals surface area (Å²) < 4.78 is 0. The number of rotatable bonds is 0. The van der Waals surface area contributed by atoms with E-state index in [1.54, 1.807) is 0 Å². The molecule has 0 rings (SSSR count). The van der Waals surface area contributed by atoms with Crippen LogP contribution < -0.4 is 0 Å². The molecule has 37 valence electrons. The minimum Gasteiger partial charge on any atom is 0 e. The van der Waals surface area contributed by atoms with Crippen molar-refractivity contribution in [2.24, 2.45) is 0 Å². The van der Waals surface area contributed by atoms with Crippen LogP contribution in [0.3, 0.4) is 0 Å². The first-order valence-electron chi connectivity index (χ1n) is 0.775. The molecule has 0 aliphatic carbocycles. The molecule has 0 aliphatic heterocycles. The van der Waals surface area contributed by atoms with Crippen LogP contribution in [0.5, 0.6) is 0 Å². The van der Waals surface area contributed by atoms with Crippen LogP contribution in [-0.2, 0) is 0 Å². The van der Waals surface area contributed by atoms with Gasteiger partial charge in [0.25, 0.3) is 0 Å². The van der Waals surface area contributed by atoms with Crippen LogP contribution in [-0.4, -0.2) is 71.3 Å². The Hall–Kier alpha value is 2.80. The zero-order valence-corrected chi connectivity index (χ0v) is 4.39. The summed E-state index contributed by atoms with van der Waals surface area (Å²) in [6.07, 6.45) is 0. The zero-order chi connectivity index (χ0) is 3.58. The number of hydrogen-bond acceptors (Lipinski definition) is 3. The van der Waals surface area contributed by atoms with Gasteiger partial charge in [-0.1, -0.05) is 0 Å². The van der Waals surface area contributed by atoms with E-state index >= 15 is 0 Å². The van der Waals surface area contributed by atoms with E-state index in [-0.39, 0.29) is 87.5 Å². The van der Waals surface area contributed by atoms with Gasteiger partial charge < -0.3 is 15.1 Å². The van der Waals surface area contributed by atoms with E-state index in [9.17, 15) is 0 Å². The molecule has 0 saturated carbocycles. The summed E-state index contributed by atoms with van der Waals surface area (Å²) in [5.74, 6) is 0. The van der Waals surface area contributed by atoms with E-state index in [1.165, 1.54) is 0 Å². The molecular weight excluding hydrogens is 355 g/mol. The van der Waals surface area contributed by atoms with Gasteiger partial charge in [0, 0.05) is 38.6 Å². The third kappa shape index (κ3) is 29.2. The molecule has 0 atom stereocenters. The molecule has 0 amide bonds. The fourth-order valence-corrected chi connectivity index (χ4v) is 0. The Kier molecular flexibility index (Phi) is 28.4. The van der Waals surface area contributed by atoms with Gasteiger partial charge >= 0.3 is 56.2 Å². The molecule has 0 fully saturated rings. The van der Waals surface area contributed by atoms with E-state index in [0.29, 0.717) is 0 Å². The summed E-state index contributed by atoms with van der Waals surface area (Å²) >= 11 is 0. The quantitative estimate of drug-likeness (QED) is 0.405. The molecule has 0 saturated heterocycles. The predicted molar refractivity (Wildman–Crippen MR) is 21.0 cm³/mol. The van der Waals surface area contributed by atoms with Gasteiger partial charge in [-0.3, -0.25) is 0 Å². The molecule has 3 N–H and O–H groups in total. The fraction of sp³-hybridized carbons (Fsp3) is 0. The maximum absolute atomic E-state index is 7.17. The summed E-state index contributed by atoms with van der Waals surface area (Å²) in [4.78, 5) is 0. The molecule has 0 aliphatic rings. The Morgan fingerprint density at radius 3 is 1.00 bits per heavy atom. The van der Waals surface area contributed by atoms with Gasteiger partial charge in [0.05, 0.1) is 0 Å². The van der Waals surface area contributed by atoms with Crippen molar-refractivity contribution < 1.29 is 53.7 Å². The Labute approximate surface area is 107 Å². The summed E-state index contributed by atoms with van der Waals surface area (Å²) in [6.45, 7) is 0. The normalized spacial score (nSPS) is 4.50. The molecule has 6 heavy (non-hydrogen) atoms. The summed E-state index contributed by atoms with van der Waals surface area (Å²) in [7, 11) is -2.17. The van der Waals surface area contributed by atoms with E-state index in [2.05, 4.69) is 0 Å². The second-order valence-electron chi connectivity index (χ2n) is 0.346. The Balaban J connectivity index is -0.0000000450. The Morgan fingerprint density at radius 2 is 1.00 bits per heavy atom. The van der Waals surface area contributed by atoms with Gasteiger partial charge in [-0.25, -0.2) is 0 Å². The van der Waals surface area contributed by atoms with E-state index in [4.69, 9.17) is 15.1 Å². The standard InChI is InChI=1S/BH3O3.Ba.Tb.2H/c2-1(3)4;;;;/h2-4H;;;;. The van der Waals surface area contributed by atoms with Gasteiger partial charge in [0.1, 0.15) is 0 Å². The zero-order valence-electron chi connectivity index (χ0n) is 2.25. The van der Waals surface area contributed by atoms with Crippen molar-refractivity contribution in [1.82, 2.24) is 0 Å². The maximum atomic E-state index is 7.17. The van der Waals surface area contributed by atoms with Crippen molar-refractivity contribution in [3.8, 4) is 0 Å². The monoisotopic (exact) mass is 361 g/mol. The Bertz CT molecular complexity index is 15.5. The predicted octanol–water partition coefficient (Wildman–Crippen LogP) is -2.97. The molecule has 6 heteroatoms. The van der Waals surface area contributed by atoms with Crippen LogP contribution in [0.4, 0.5) is 0 Å². The van der Waals surface area contributed by atoms with E-state index in [1.807, 2.05) is 0 Å². The Morgan fingerprint density at radius 1 is 1.00 bits per heavy atom. The van der Waals surface area contributed by atoms with Crippen molar-refractivity contribution in [1.29, 1.82) is 0 Å². The third-order valence-electron chi connectivity index (χ3n) is 0. The van der Waals surface area contributed by atoms with Crippen LogP contribution in [0.15, 0.2) is 0 Å². The number of hydrogen-bond donors (Lipinski definition) is 3. The summed E-state index contributed by atoms with van der Waals surface area (Å²) in [6, 6.07) is 0. The van der Waals surface area contributed by atoms with Crippen LogP contribution in [0, 0.1) is 38.6 Å². The maximum Gasteiger partial charge on any atom is 0 e. The molecule has 0 aromatic carbocycles. The minimum atomic E-state index is -2.17. The van der Waals surface area contributed by atoms with E-state index in [0.717, 1.165) is 0 Å². The topological polar surface area (TPSA) is 60.7 Å². The van der Waals surface area contributed by atoms with Crippen molar-refractivity contribution in [3.63, 3.8) is 0 Å². The molecule has 0 spiro atoms. The third-order valence-corrected chi connectivity index (χ3v) is 0. The van der Waals surface area contributed by atoms with Crippen LogP contribution in [0.25, 0.3) is 0 Å². The average Bonchev–Trinajstić information content (AvgIpc) is 0.811. The van der Waals surface area contributed by atoms with Gasteiger partial charge in [-0.05, 0) is 0 Å². The first kappa shape index (κ1) is 15.9. The van der Waals surface area contributed by atoms with Crippen molar-refractivity contribution in [2.75, 3.05) is 0 Å². The van der Waals surface area contributed by atoms with Crippen molar-refractivity contribution >= 4 is 56.2 Å². The molecule has 0 bridgehead atoms. The van der Waals surface area contributed by atoms with Crippen LogP contribution >= 0.6 is 0 Å². The second kappa shape index (κ2) is 10.7. The SMILES string of the molecule is OB(O)O.[BaH2].[Tb]. The molecule has 0 heterocycles. The van der Waals surface area contributed by atoms with Gasteiger partial charge in [0.2, 0.25) is 0 Å².